The molecule has 0 N–H and O–H groups in total. The van der Waals surface area contributed by atoms with Gasteiger partial charge in [0.15, 0.2) is 5.78 Å². The van der Waals surface area contributed by atoms with E-state index in [9.17, 15) is 4.79 Å². The molecule has 0 saturated heterocycles. The second kappa shape index (κ2) is 10.9. The quantitative estimate of drug-likeness (QED) is 0.178. The number of hydrogen-bond donors (Lipinski definition) is 0. The van der Waals surface area contributed by atoms with Gasteiger partial charge in [0.05, 0.1) is 0 Å². The highest BCUT2D eigenvalue weighted by atomic mass is 16.1. The molecule has 0 amide bonds. The summed E-state index contributed by atoms with van der Waals surface area (Å²) in [4.78, 5) is 24.3. The molecule has 0 unspecified atom stereocenters. The van der Waals surface area contributed by atoms with Gasteiger partial charge >= 0.3 is 0 Å². The summed E-state index contributed by atoms with van der Waals surface area (Å²) in [6.07, 6.45) is 4.36. The fraction of sp³-hybridized carbons (Fsp3) is 0.190. The molecule has 1 aliphatic rings. The number of rotatable bonds is 6. The van der Waals surface area contributed by atoms with Crippen LogP contribution in [0, 0.1) is 5.92 Å². The van der Waals surface area contributed by atoms with Gasteiger partial charge in [0.25, 0.3) is 0 Å². The molecule has 0 radical (unpaired) electrons. The Morgan fingerprint density at radius 1 is 0.735 bits per heavy atom. The predicted molar refractivity (Wildman–Crippen MR) is 127 cm³/mol. The number of benzene rings is 2. The van der Waals surface area contributed by atoms with Crippen LogP contribution < -0.4 is 0 Å². The standard InChI is InChI=1S/C21H16N12O/c1-12-6-15(8-13-2-4-17(26-30-22)10-19(13)28-32-24)21(34)16(7-12)9-14-3-5-18(27-31-23)11-20(14)29-33-25/h2-5,8-12H,6-7H2,1H3/b15-8+,16-9+. The van der Waals surface area contributed by atoms with E-state index in [0.717, 1.165) is 0 Å². The molecule has 3 rings (SSSR count). The molecule has 0 aromatic heterocycles. The average Bonchev–Trinajstić information content (AvgIpc) is 2.81. The van der Waals surface area contributed by atoms with Crippen molar-refractivity contribution in [3.8, 4) is 0 Å². The summed E-state index contributed by atoms with van der Waals surface area (Å²) in [6, 6.07) is 9.24. The Kier molecular flexibility index (Phi) is 7.55. The molecule has 0 aliphatic heterocycles. The lowest BCUT2D eigenvalue weighted by molar-refractivity contribution is -0.113. The van der Waals surface area contributed by atoms with E-state index in [-0.39, 0.29) is 34.5 Å². The summed E-state index contributed by atoms with van der Waals surface area (Å²) in [5.74, 6) is -0.0407. The lowest BCUT2D eigenvalue weighted by Crippen LogP contribution is -2.18. The monoisotopic (exact) mass is 452 g/mol. The summed E-state index contributed by atoms with van der Waals surface area (Å²) >= 11 is 0. The van der Waals surface area contributed by atoms with Crippen molar-refractivity contribution in [2.45, 2.75) is 19.8 Å². The van der Waals surface area contributed by atoms with Gasteiger partial charge in [-0.1, -0.05) is 51.6 Å². The van der Waals surface area contributed by atoms with Crippen molar-refractivity contribution in [2.24, 2.45) is 26.4 Å². The Morgan fingerprint density at radius 3 is 1.53 bits per heavy atom. The molecule has 0 bridgehead atoms. The number of azide groups is 4. The van der Waals surface area contributed by atoms with Crippen molar-refractivity contribution in [1.29, 1.82) is 0 Å². The van der Waals surface area contributed by atoms with Gasteiger partial charge in [0.1, 0.15) is 0 Å². The second-order valence-corrected chi connectivity index (χ2v) is 7.43. The van der Waals surface area contributed by atoms with Crippen LogP contribution in [0.2, 0.25) is 0 Å². The molecule has 166 valence electrons. The van der Waals surface area contributed by atoms with Crippen LogP contribution in [-0.4, -0.2) is 5.78 Å². The van der Waals surface area contributed by atoms with E-state index in [1.165, 1.54) is 12.1 Å². The number of carbonyl (C=O) groups excluding carboxylic acids is 1. The SMILES string of the molecule is CC1C/C(=C\c2ccc(N=[N+]=[N-])cc2N=[N+]=[N-])C(=O)/C(=C/c2ccc(N=[N+]=[N-])cc2N=[N+]=[N-])C1. The van der Waals surface area contributed by atoms with Crippen LogP contribution in [0.5, 0.6) is 0 Å². The van der Waals surface area contributed by atoms with Gasteiger partial charge in [-0.05, 0) is 76.3 Å². The largest absolute Gasteiger partial charge is 0.289 e. The van der Waals surface area contributed by atoms with E-state index >= 15 is 0 Å². The topological polar surface area (TPSA) is 212 Å². The van der Waals surface area contributed by atoms with Gasteiger partial charge in [0, 0.05) is 53.5 Å². The summed E-state index contributed by atoms with van der Waals surface area (Å²) in [5.41, 5.74) is 38.1. The Bertz CT molecular complexity index is 1310. The normalized spacial score (nSPS) is 17.2. The fourth-order valence-electron chi connectivity index (χ4n) is 3.64. The van der Waals surface area contributed by atoms with Crippen LogP contribution >= 0.6 is 0 Å². The Hall–Kier alpha value is -5.17. The molecular weight excluding hydrogens is 436 g/mol. The number of nitrogens with zero attached hydrogens (tertiary/aromatic N) is 12. The predicted octanol–water partition coefficient (Wildman–Crippen LogP) is 8.92. The van der Waals surface area contributed by atoms with Crippen LogP contribution in [0.25, 0.3) is 53.9 Å². The first-order valence-corrected chi connectivity index (χ1v) is 9.93. The highest BCUT2D eigenvalue weighted by Gasteiger charge is 2.25. The Balaban J connectivity index is 2.06. The molecule has 0 heterocycles. The number of ketones is 1. The maximum atomic E-state index is 13.3. The number of allylic oxidation sites excluding steroid dienone is 2. The maximum absolute atomic E-state index is 13.3. The first-order valence-electron chi connectivity index (χ1n) is 9.93. The number of hydrogen-bond acceptors (Lipinski definition) is 5. The summed E-state index contributed by atoms with van der Waals surface area (Å²) < 4.78 is 0. The summed E-state index contributed by atoms with van der Waals surface area (Å²) in [5, 5.41) is 14.3. The molecule has 13 heteroatoms. The van der Waals surface area contributed by atoms with Gasteiger partial charge < -0.3 is 0 Å². The third-order valence-corrected chi connectivity index (χ3v) is 5.03. The molecule has 0 atom stereocenters. The molecule has 1 fully saturated rings. The molecule has 1 saturated carbocycles. The van der Waals surface area contributed by atoms with Gasteiger partial charge in [-0.3, -0.25) is 4.79 Å². The third kappa shape index (κ3) is 5.54. The summed E-state index contributed by atoms with van der Waals surface area (Å²) in [6.45, 7) is 2.01. The van der Waals surface area contributed by atoms with Crippen molar-refractivity contribution >= 4 is 40.7 Å². The summed E-state index contributed by atoms with van der Waals surface area (Å²) in [7, 11) is 0. The Labute approximate surface area is 192 Å². The highest BCUT2D eigenvalue weighted by Crippen LogP contribution is 2.36. The first kappa shape index (κ1) is 23.5. The first-order chi connectivity index (χ1) is 16.5. The van der Waals surface area contributed by atoms with Crippen molar-refractivity contribution in [3.05, 3.63) is 100 Å². The minimum atomic E-state index is -0.185. The molecule has 2 aromatic rings. The number of carbonyl (C=O) groups is 1. The van der Waals surface area contributed by atoms with Crippen molar-refractivity contribution < 1.29 is 4.79 Å². The highest BCUT2D eigenvalue weighted by molar-refractivity contribution is 6.14. The molecule has 0 spiro atoms. The van der Waals surface area contributed by atoms with Crippen LogP contribution in [0.1, 0.15) is 30.9 Å². The van der Waals surface area contributed by atoms with E-state index in [0.29, 0.717) is 35.1 Å². The molecule has 1 aliphatic carbocycles. The van der Waals surface area contributed by atoms with E-state index in [1.54, 1.807) is 36.4 Å². The molecule has 34 heavy (non-hydrogen) atoms. The minimum absolute atomic E-state index is 0.144. The van der Waals surface area contributed by atoms with Crippen molar-refractivity contribution in [3.63, 3.8) is 0 Å². The lowest BCUT2D eigenvalue weighted by atomic mass is 9.80. The molecular formula is C21H16N12O. The van der Waals surface area contributed by atoms with Crippen LogP contribution in [0.3, 0.4) is 0 Å². The minimum Gasteiger partial charge on any atom is -0.289 e. The van der Waals surface area contributed by atoms with E-state index in [2.05, 4.69) is 40.1 Å². The van der Waals surface area contributed by atoms with Gasteiger partial charge in [0.2, 0.25) is 0 Å². The fourth-order valence-corrected chi connectivity index (χ4v) is 3.64. The van der Waals surface area contributed by atoms with Gasteiger partial charge in [-0.15, -0.1) is 0 Å². The Morgan fingerprint density at radius 2 is 1.15 bits per heavy atom. The maximum Gasteiger partial charge on any atom is 0.185 e. The van der Waals surface area contributed by atoms with E-state index < -0.39 is 0 Å². The lowest BCUT2D eigenvalue weighted by Gasteiger charge is -2.23. The van der Waals surface area contributed by atoms with Crippen LogP contribution in [0.15, 0.2) is 68.0 Å². The molecule has 13 nitrogen and oxygen atoms in total. The zero-order valence-electron chi connectivity index (χ0n) is 17.9. The average molecular weight is 452 g/mol. The van der Waals surface area contributed by atoms with Gasteiger partial charge in [-0.2, -0.15) is 0 Å². The smallest absolute Gasteiger partial charge is 0.185 e. The van der Waals surface area contributed by atoms with E-state index in [1.807, 2.05) is 6.92 Å². The van der Waals surface area contributed by atoms with Crippen molar-refractivity contribution in [2.75, 3.05) is 0 Å². The number of Topliss-reactive ketones (excluding diaryl/α,β-unsaturated/α-hetero) is 1. The zero-order chi connectivity index (χ0) is 24.5. The second-order valence-electron chi connectivity index (χ2n) is 7.43. The van der Waals surface area contributed by atoms with Crippen LogP contribution in [0.4, 0.5) is 22.7 Å². The van der Waals surface area contributed by atoms with Crippen molar-refractivity contribution in [1.82, 2.24) is 0 Å². The van der Waals surface area contributed by atoms with E-state index in [4.69, 9.17) is 22.1 Å². The zero-order valence-corrected chi connectivity index (χ0v) is 17.9. The third-order valence-electron chi connectivity index (χ3n) is 5.03. The van der Waals surface area contributed by atoms with Crippen LogP contribution in [-0.2, 0) is 4.79 Å². The molecule has 2 aromatic carbocycles. The van der Waals surface area contributed by atoms with Gasteiger partial charge in [-0.25, -0.2) is 0 Å².